The van der Waals surface area contributed by atoms with Gasteiger partial charge in [0, 0.05) is 6.07 Å². The smallest absolute Gasteiger partial charge is 0.310 e. The average molecular weight is 334 g/mol. The lowest BCUT2D eigenvalue weighted by Gasteiger charge is -2.07. The first-order valence-electron chi connectivity index (χ1n) is 6.67. The van der Waals surface area contributed by atoms with E-state index in [2.05, 4.69) is 5.32 Å². The number of nitrogens with zero attached hydrogens (tertiary/aromatic N) is 1. The Labute approximate surface area is 136 Å². The van der Waals surface area contributed by atoms with Crippen molar-refractivity contribution in [1.29, 1.82) is 0 Å². The third-order valence-corrected chi connectivity index (χ3v) is 3.65. The minimum absolute atomic E-state index is 0.0690. The molecule has 0 atom stereocenters. The maximum Gasteiger partial charge on any atom is 0.310 e. The largest absolute Gasteiger partial charge is 0.455 e. The molecule has 8 heteroatoms. The van der Waals surface area contributed by atoms with Gasteiger partial charge in [-0.05, 0) is 40.9 Å². The Balaban J connectivity index is 1.90. The zero-order valence-electron chi connectivity index (χ0n) is 12.3. The number of nitrogens with one attached hydrogen (secondary N) is 1. The molecule has 1 amide bonds. The summed E-state index contributed by atoms with van der Waals surface area (Å²) < 4.78 is 4.86. The molecule has 1 aromatic heterocycles. The fourth-order valence-electron chi connectivity index (χ4n) is 1.84. The first-order chi connectivity index (χ1) is 11.0. The van der Waals surface area contributed by atoms with E-state index in [1.54, 1.807) is 19.1 Å². The molecule has 1 aromatic carbocycles. The van der Waals surface area contributed by atoms with Crippen LogP contribution in [-0.4, -0.2) is 23.4 Å². The molecule has 0 aliphatic rings. The first-order valence-corrected chi connectivity index (χ1v) is 7.61. The maximum absolute atomic E-state index is 11.8. The van der Waals surface area contributed by atoms with Gasteiger partial charge < -0.3 is 10.1 Å². The second-order valence-electron chi connectivity index (χ2n) is 4.79. The van der Waals surface area contributed by atoms with E-state index in [-0.39, 0.29) is 17.8 Å². The summed E-state index contributed by atoms with van der Waals surface area (Å²) in [5.74, 6) is -1.16. The summed E-state index contributed by atoms with van der Waals surface area (Å²) >= 11 is 1.46. The molecule has 2 aromatic rings. The summed E-state index contributed by atoms with van der Waals surface area (Å²) in [6.45, 7) is 1.22. The normalized spacial score (nSPS) is 10.1. The van der Waals surface area contributed by atoms with Crippen LogP contribution >= 0.6 is 11.3 Å². The number of aryl methyl sites for hydroxylation is 1. The molecule has 0 bridgehead atoms. The average Bonchev–Trinajstić information content (AvgIpc) is 2.99. The van der Waals surface area contributed by atoms with Crippen LogP contribution in [0.4, 0.5) is 11.4 Å². The number of amides is 1. The second kappa shape index (κ2) is 7.50. The van der Waals surface area contributed by atoms with Gasteiger partial charge in [0.15, 0.2) is 6.61 Å². The Morgan fingerprint density at radius 3 is 2.78 bits per heavy atom. The van der Waals surface area contributed by atoms with Crippen molar-refractivity contribution in [2.45, 2.75) is 13.3 Å². The molecule has 0 aliphatic carbocycles. The quantitative estimate of drug-likeness (QED) is 0.497. The maximum atomic E-state index is 11.8. The third-order valence-electron chi connectivity index (χ3n) is 2.92. The Kier molecular flexibility index (Phi) is 5.42. The van der Waals surface area contributed by atoms with Crippen LogP contribution in [0.3, 0.4) is 0 Å². The lowest BCUT2D eigenvalue weighted by Crippen LogP contribution is -2.22. The van der Waals surface area contributed by atoms with Gasteiger partial charge in [-0.1, -0.05) is 6.07 Å². The van der Waals surface area contributed by atoms with E-state index in [9.17, 15) is 19.7 Å². The van der Waals surface area contributed by atoms with Crippen LogP contribution in [-0.2, 0) is 20.7 Å². The lowest BCUT2D eigenvalue weighted by atomic mass is 10.2. The molecule has 1 N–H and O–H groups in total. The highest BCUT2D eigenvalue weighted by molar-refractivity contribution is 7.07. The minimum atomic E-state index is -0.629. The topological polar surface area (TPSA) is 98.5 Å². The first kappa shape index (κ1) is 16.6. The van der Waals surface area contributed by atoms with Crippen LogP contribution in [0.2, 0.25) is 0 Å². The highest BCUT2D eigenvalue weighted by Gasteiger charge is 2.17. The molecule has 0 unspecified atom stereocenters. The summed E-state index contributed by atoms with van der Waals surface area (Å²) in [5, 5.41) is 17.0. The predicted molar refractivity (Wildman–Crippen MR) is 85.4 cm³/mol. The number of benzene rings is 1. The van der Waals surface area contributed by atoms with E-state index in [4.69, 9.17) is 4.74 Å². The van der Waals surface area contributed by atoms with E-state index in [0.717, 1.165) is 5.56 Å². The molecule has 7 nitrogen and oxygen atoms in total. The van der Waals surface area contributed by atoms with Gasteiger partial charge in [-0.3, -0.25) is 19.7 Å². The molecule has 1 heterocycles. The Morgan fingerprint density at radius 2 is 2.13 bits per heavy atom. The van der Waals surface area contributed by atoms with Gasteiger partial charge in [-0.15, -0.1) is 0 Å². The lowest BCUT2D eigenvalue weighted by molar-refractivity contribution is -0.384. The van der Waals surface area contributed by atoms with Gasteiger partial charge in [-0.25, -0.2) is 0 Å². The number of nitro benzene ring substituents is 1. The number of anilines is 1. The molecule has 2 rings (SSSR count). The number of carbonyl (C=O) groups is 2. The number of carbonyl (C=O) groups excluding carboxylic acids is 2. The van der Waals surface area contributed by atoms with Crippen molar-refractivity contribution in [1.82, 2.24) is 0 Å². The number of hydrogen-bond donors (Lipinski definition) is 1. The predicted octanol–water partition coefficient (Wildman–Crippen LogP) is 2.69. The van der Waals surface area contributed by atoms with Gasteiger partial charge in [0.1, 0.15) is 5.69 Å². The van der Waals surface area contributed by atoms with E-state index in [1.165, 1.54) is 23.5 Å². The molecule has 0 spiro atoms. The Bertz CT molecular complexity index is 727. The van der Waals surface area contributed by atoms with Crippen molar-refractivity contribution in [3.63, 3.8) is 0 Å². The van der Waals surface area contributed by atoms with Crippen LogP contribution in [0.5, 0.6) is 0 Å². The van der Waals surface area contributed by atoms with Crippen molar-refractivity contribution >= 4 is 34.6 Å². The number of ether oxygens (including phenoxy) is 1. The number of thiophene rings is 1. The van der Waals surface area contributed by atoms with Crippen molar-refractivity contribution in [3.8, 4) is 0 Å². The molecule has 0 saturated carbocycles. The molecule has 23 heavy (non-hydrogen) atoms. The number of rotatable bonds is 6. The van der Waals surface area contributed by atoms with Crippen LogP contribution < -0.4 is 5.32 Å². The number of nitro groups is 1. The van der Waals surface area contributed by atoms with Crippen molar-refractivity contribution < 1.29 is 19.2 Å². The van der Waals surface area contributed by atoms with Crippen molar-refractivity contribution in [3.05, 3.63) is 56.3 Å². The summed E-state index contributed by atoms with van der Waals surface area (Å²) in [6, 6.07) is 6.24. The van der Waals surface area contributed by atoms with E-state index >= 15 is 0 Å². The number of esters is 1. The van der Waals surface area contributed by atoms with Gasteiger partial charge in [0.05, 0.1) is 11.3 Å². The number of hydrogen-bond acceptors (Lipinski definition) is 6. The third kappa shape index (κ3) is 4.89. The fourth-order valence-corrected chi connectivity index (χ4v) is 2.51. The summed E-state index contributed by atoms with van der Waals surface area (Å²) in [7, 11) is 0. The van der Waals surface area contributed by atoms with Gasteiger partial charge in [-0.2, -0.15) is 11.3 Å². The molecule has 0 radical (unpaired) electrons. The zero-order chi connectivity index (χ0) is 16.8. The fraction of sp³-hybridized carbons (Fsp3) is 0.200. The molecule has 120 valence electrons. The molecular weight excluding hydrogens is 320 g/mol. The van der Waals surface area contributed by atoms with Crippen LogP contribution in [0.15, 0.2) is 35.0 Å². The van der Waals surface area contributed by atoms with E-state index < -0.39 is 23.4 Å². The second-order valence-corrected chi connectivity index (χ2v) is 5.57. The van der Waals surface area contributed by atoms with Crippen LogP contribution in [0, 0.1) is 17.0 Å². The summed E-state index contributed by atoms with van der Waals surface area (Å²) in [4.78, 5) is 33.7. The Morgan fingerprint density at radius 1 is 1.35 bits per heavy atom. The highest BCUT2D eigenvalue weighted by atomic mass is 32.1. The standard InChI is InChI=1S/C15H14N2O5S/c1-10-2-3-12(13(6-10)17(20)21)16-14(18)8-22-15(19)7-11-4-5-23-9-11/h2-6,9H,7-8H2,1H3,(H,16,18). The van der Waals surface area contributed by atoms with E-state index in [1.807, 2.05) is 10.8 Å². The summed E-state index contributed by atoms with van der Waals surface area (Å²) in [5.41, 5.74) is 1.38. The van der Waals surface area contributed by atoms with E-state index in [0.29, 0.717) is 5.56 Å². The molecular formula is C15H14N2O5S. The Hall–Kier alpha value is -2.74. The molecule has 0 saturated heterocycles. The van der Waals surface area contributed by atoms with Gasteiger partial charge in [0.25, 0.3) is 11.6 Å². The SMILES string of the molecule is Cc1ccc(NC(=O)COC(=O)Cc2ccsc2)c([N+](=O)[O-])c1. The van der Waals surface area contributed by atoms with Crippen molar-refractivity contribution in [2.75, 3.05) is 11.9 Å². The summed E-state index contributed by atoms with van der Waals surface area (Å²) in [6.07, 6.45) is 0.0848. The molecule has 0 aliphatic heterocycles. The zero-order valence-corrected chi connectivity index (χ0v) is 13.1. The monoisotopic (exact) mass is 334 g/mol. The van der Waals surface area contributed by atoms with Gasteiger partial charge >= 0.3 is 5.97 Å². The van der Waals surface area contributed by atoms with Crippen molar-refractivity contribution in [2.24, 2.45) is 0 Å². The van der Waals surface area contributed by atoms with Gasteiger partial charge in [0.2, 0.25) is 0 Å². The van der Waals surface area contributed by atoms with Crippen LogP contribution in [0.1, 0.15) is 11.1 Å². The minimum Gasteiger partial charge on any atom is -0.455 e. The molecule has 0 fully saturated rings. The highest BCUT2D eigenvalue weighted by Crippen LogP contribution is 2.25. The van der Waals surface area contributed by atoms with Crippen LogP contribution in [0.25, 0.3) is 0 Å².